The van der Waals surface area contributed by atoms with Gasteiger partial charge in [-0.15, -0.1) is 0 Å². The van der Waals surface area contributed by atoms with E-state index in [2.05, 4.69) is 5.32 Å². The van der Waals surface area contributed by atoms with E-state index in [1.54, 1.807) is 13.0 Å². The van der Waals surface area contributed by atoms with Gasteiger partial charge in [-0.05, 0) is 24.6 Å². The fourth-order valence-corrected chi connectivity index (χ4v) is 1.82. The Hall–Kier alpha value is -1.38. The van der Waals surface area contributed by atoms with Crippen LogP contribution in [-0.4, -0.2) is 11.7 Å². The number of rotatable bonds is 0. The van der Waals surface area contributed by atoms with Gasteiger partial charge >= 0.3 is 0 Å². The normalized spacial score (nSPS) is 32.2. The van der Waals surface area contributed by atoms with Crippen LogP contribution in [0.3, 0.4) is 0 Å². The first-order valence-corrected chi connectivity index (χ1v) is 4.33. The van der Waals surface area contributed by atoms with Crippen LogP contribution in [0, 0.1) is 11.8 Å². The van der Waals surface area contributed by atoms with Gasteiger partial charge in [-0.2, -0.15) is 0 Å². The Kier molecular flexibility index (Phi) is 1.62. The number of carbonyl (C=O) groups is 2. The molecule has 2 unspecified atom stereocenters. The van der Waals surface area contributed by atoms with E-state index >= 15 is 0 Å². The highest BCUT2D eigenvalue weighted by molar-refractivity contribution is 5.99. The van der Waals surface area contributed by atoms with Crippen molar-refractivity contribution in [1.82, 2.24) is 5.32 Å². The summed E-state index contributed by atoms with van der Waals surface area (Å²) in [7, 11) is 0. The van der Waals surface area contributed by atoms with Crippen molar-refractivity contribution in [1.29, 1.82) is 0 Å². The fourth-order valence-electron chi connectivity index (χ4n) is 1.82. The van der Waals surface area contributed by atoms with Gasteiger partial charge in [-0.1, -0.05) is 6.92 Å². The third-order valence-corrected chi connectivity index (χ3v) is 2.66. The van der Waals surface area contributed by atoms with Gasteiger partial charge in [0.1, 0.15) is 0 Å². The van der Waals surface area contributed by atoms with E-state index in [0.717, 1.165) is 5.57 Å². The number of amides is 1. The summed E-state index contributed by atoms with van der Waals surface area (Å²) in [5, 5.41) is 3.88. The monoisotopic (exact) mass is 176 g/mol. The highest BCUT2D eigenvalue weighted by Crippen LogP contribution is 2.33. The summed E-state index contributed by atoms with van der Waals surface area (Å²) in [6.45, 7) is 3.63. The number of nitrogens with zero attached hydrogens (tertiary/aromatic N) is 1. The van der Waals surface area contributed by atoms with Crippen molar-refractivity contribution in [2.75, 3.05) is 0 Å². The van der Waals surface area contributed by atoms with Crippen LogP contribution in [-0.2, 0) is 9.59 Å². The second-order valence-electron chi connectivity index (χ2n) is 3.47. The van der Waals surface area contributed by atoms with Crippen LogP contribution in [0.1, 0.15) is 13.8 Å². The average molecular weight is 176 g/mol. The van der Waals surface area contributed by atoms with E-state index in [-0.39, 0.29) is 23.5 Å². The second kappa shape index (κ2) is 2.55. The summed E-state index contributed by atoms with van der Waals surface area (Å²) in [5.74, 6) is -0.448. The molecule has 2 aliphatic rings. The molecule has 0 N–H and O–H groups in total. The van der Waals surface area contributed by atoms with Crippen molar-refractivity contribution in [3.63, 3.8) is 0 Å². The van der Waals surface area contributed by atoms with E-state index in [1.807, 2.05) is 6.92 Å². The molecule has 0 saturated carbocycles. The van der Waals surface area contributed by atoms with Crippen molar-refractivity contribution in [2.24, 2.45) is 11.8 Å². The number of carbonyl (C=O) groups excluding carboxylic acids is 2. The maximum Gasteiger partial charge on any atom is 0.253 e. The predicted molar refractivity (Wildman–Crippen MR) is 46.6 cm³/mol. The maximum absolute atomic E-state index is 11.3. The van der Waals surface area contributed by atoms with Crippen molar-refractivity contribution >= 4 is 11.7 Å². The molecule has 0 saturated heterocycles. The molecule has 0 aromatic carbocycles. The van der Waals surface area contributed by atoms with Crippen molar-refractivity contribution in [3.05, 3.63) is 23.4 Å². The number of hydrogen-bond donors (Lipinski definition) is 0. The van der Waals surface area contributed by atoms with Crippen LogP contribution in [0.2, 0.25) is 0 Å². The molecule has 1 heterocycles. The Morgan fingerprint density at radius 2 is 1.85 bits per heavy atom. The zero-order chi connectivity index (χ0) is 9.59. The van der Waals surface area contributed by atoms with Gasteiger partial charge in [0.25, 0.3) is 5.91 Å². The topological polar surface area (TPSA) is 48.2 Å². The van der Waals surface area contributed by atoms with Crippen molar-refractivity contribution < 1.29 is 9.59 Å². The lowest BCUT2D eigenvalue weighted by Crippen LogP contribution is -2.19. The van der Waals surface area contributed by atoms with E-state index in [1.165, 1.54) is 6.08 Å². The number of hydrogen-bond acceptors (Lipinski definition) is 2. The molecular weight excluding hydrogens is 166 g/mol. The van der Waals surface area contributed by atoms with Gasteiger partial charge in [0.15, 0.2) is 5.78 Å². The Balaban J connectivity index is 2.44. The molecule has 1 radical (unpaired) electrons. The molecule has 3 nitrogen and oxygen atoms in total. The Labute approximate surface area is 76.5 Å². The minimum atomic E-state index is -0.209. The van der Waals surface area contributed by atoms with Crippen LogP contribution in [0.25, 0.3) is 0 Å². The maximum atomic E-state index is 11.3. The first-order chi connectivity index (χ1) is 6.11. The average Bonchev–Trinajstić information content (AvgIpc) is 2.37. The van der Waals surface area contributed by atoms with Crippen molar-refractivity contribution in [2.45, 2.75) is 13.8 Å². The molecular formula is C10H10NO2. The lowest BCUT2D eigenvalue weighted by Gasteiger charge is -2.16. The zero-order valence-corrected chi connectivity index (χ0v) is 7.57. The summed E-state index contributed by atoms with van der Waals surface area (Å²) >= 11 is 0. The molecule has 3 heteroatoms. The molecule has 67 valence electrons. The molecule has 2 atom stereocenters. The Morgan fingerprint density at radius 1 is 1.15 bits per heavy atom. The molecule has 2 rings (SSSR count). The minimum Gasteiger partial charge on any atom is -0.294 e. The largest absolute Gasteiger partial charge is 0.294 e. The highest BCUT2D eigenvalue weighted by atomic mass is 16.2. The predicted octanol–water partition coefficient (Wildman–Crippen LogP) is 0.796. The van der Waals surface area contributed by atoms with Crippen LogP contribution < -0.4 is 5.32 Å². The van der Waals surface area contributed by atoms with E-state index in [4.69, 9.17) is 0 Å². The molecule has 0 fully saturated rings. The van der Waals surface area contributed by atoms with Gasteiger partial charge in [0.05, 0.1) is 11.6 Å². The van der Waals surface area contributed by atoms with Crippen LogP contribution >= 0.6 is 0 Å². The standard InChI is InChI=1S/C10H10NO2/c1-5-8(12)4-3-7-9(5)6(2)10(13)11-7/h3-6H,1-2H3. The smallest absolute Gasteiger partial charge is 0.253 e. The van der Waals surface area contributed by atoms with E-state index < -0.39 is 0 Å². The van der Waals surface area contributed by atoms with Crippen LogP contribution in [0.4, 0.5) is 0 Å². The van der Waals surface area contributed by atoms with Crippen LogP contribution in [0.15, 0.2) is 23.4 Å². The lowest BCUT2D eigenvalue weighted by atomic mass is 9.85. The molecule has 0 aromatic rings. The third kappa shape index (κ3) is 1.03. The Bertz CT molecular complexity index is 352. The van der Waals surface area contributed by atoms with Gasteiger partial charge in [-0.25, -0.2) is 5.32 Å². The second-order valence-corrected chi connectivity index (χ2v) is 3.47. The van der Waals surface area contributed by atoms with Gasteiger partial charge in [0, 0.05) is 5.92 Å². The summed E-state index contributed by atoms with van der Waals surface area (Å²) in [4.78, 5) is 22.6. The lowest BCUT2D eigenvalue weighted by molar-refractivity contribution is -0.122. The molecule has 1 aliphatic heterocycles. The van der Waals surface area contributed by atoms with Gasteiger partial charge < -0.3 is 0 Å². The first kappa shape index (κ1) is 8.23. The molecule has 0 spiro atoms. The molecule has 0 aromatic heterocycles. The molecule has 0 bridgehead atoms. The van der Waals surface area contributed by atoms with Crippen molar-refractivity contribution in [3.8, 4) is 0 Å². The molecule has 13 heavy (non-hydrogen) atoms. The number of ketones is 1. The summed E-state index contributed by atoms with van der Waals surface area (Å²) < 4.78 is 0. The fraction of sp³-hybridized carbons (Fsp3) is 0.400. The zero-order valence-electron chi connectivity index (χ0n) is 7.57. The SMILES string of the molecule is CC1C(=O)C=CC2=C1C(C)C(=O)[N]2. The highest BCUT2D eigenvalue weighted by Gasteiger charge is 2.36. The molecule has 1 aliphatic carbocycles. The van der Waals surface area contributed by atoms with E-state index in [0.29, 0.717) is 5.70 Å². The quantitative estimate of drug-likeness (QED) is 0.548. The summed E-state index contributed by atoms with van der Waals surface area (Å²) in [6.07, 6.45) is 3.14. The van der Waals surface area contributed by atoms with Gasteiger partial charge in [-0.3, -0.25) is 9.59 Å². The van der Waals surface area contributed by atoms with Crippen LogP contribution in [0.5, 0.6) is 0 Å². The van der Waals surface area contributed by atoms with Gasteiger partial charge in [0.2, 0.25) is 0 Å². The third-order valence-electron chi connectivity index (χ3n) is 2.66. The summed E-state index contributed by atoms with van der Waals surface area (Å²) in [6, 6.07) is 0. The Morgan fingerprint density at radius 3 is 2.54 bits per heavy atom. The number of allylic oxidation sites excluding steroid dienone is 2. The molecule has 1 amide bonds. The minimum absolute atomic E-state index is 0.0653. The first-order valence-electron chi connectivity index (χ1n) is 4.33. The van der Waals surface area contributed by atoms with E-state index in [9.17, 15) is 9.59 Å². The summed E-state index contributed by atoms with van der Waals surface area (Å²) in [5.41, 5.74) is 1.59.